The van der Waals surface area contributed by atoms with Gasteiger partial charge in [0.05, 0.1) is 21.9 Å². The number of rotatable bonds is 5. The highest BCUT2D eigenvalue weighted by molar-refractivity contribution is 7.20. The molecule has 0 saturated carbocycles. The third kappa shape index (κ3) is 6.70. The molecule has 0 radical (unpaired) electrons. The Morgan fingerprint density at radius 3 is 2.68 bits per heavy atom. The van der Waals surface area contributed by atoms with Crippen LogP contribution in [0.4, 0.5) is 5.69 Å². The van der Waals surface area contributed by atoms with Crippen LogP contribution in [0.5, 0.6) is 5.75 Å². The van der Waals surface area contributed by atoms with Gasteiger partial charge in [-0.1, -0.05) is 19.1 Å². The second-order valence-electron chi connectivity index (χ2n) is 10.4. The van der Waals surface area contributed by atoms with Crippen LogP contribution in [-0.2, 0) is 11.3 Å². The van der Waals surface area contributed by atoms with E-state index >= 15 is 0 Å². The molecule has 1 N–H and O–H groups in total. The Morgan fingerprint density at radius 1 is 1.15 bits per heavy atom. The molecule has 2 amide bonds. The smallest absolute Gasteiger partial charge is 0.284 e. The Morgan fingerprint density at radius 2 is 1.93 bits per heavy atom. The number of hydrogen-bond acceptors (Lipinski definition) is 9. The van der Waals surface area contributed by atoms with Crippen LogP contribution in [0.1, 0.15) is 39.6 Å². The maximum atomic E-state index is 13.5. The van der Waals surface area contributed by atoms with Gasteiger partial charge in [-0.2, -0.15) is 0 Å². The maximum absolute atomic E-state index is 13.5. The largest absolute Gasteiger partial charge is 0.491 e. The molecular weight excluding hydrogens is 540 g/mol. The number of hydrogen-bond donors (Lipinski definition) is 1. The van der Waals surface area contributed by atoms with E-state index in [4.69, 9.17) is 9.47 Å². The molecule has 4 aromatic rings. The molecule has 0 unspecified atom stereocenters. The van der Waals surface area contributed by atoms with Gasteiger partial charge in [0.25, 0.3) is 11.8 Å². The maximum Gasteiger partial charge on any atom is 0.284 e. The third-order valence-electron chi connectivity index (χ3n) is 7.32. The molecule has 0 fully saturated rings. The Bertz CT molecular complexity index is 1480. The Balaban J connectivity index is 1.42. The minimum Gasteiger partial charge on any atom is -0.491 e. The normalized spacial score (nSPS) is 20.5. The van der Waals surface area contributed by atoms with E-state index in [1.807, 2.05) is 36.7 Å². The minimum atomic E-state index is -0.315. The number of methoxy groups -OCH3 is 1. The highest BCUT2D eigenvalue weighted by atomic mass is 32.1. The molecular formula is C30H34N6O4S. The summed E-state index contributed by atoms with van der Waals surface area (Å²) < 4.78 is 13.1. The fourth-order valence-corrected chi connectivity index (χ4v) is 5.81. The zero-order valence-corrected chi connectivity index (χ0v) is 24.4. The minimum absolute atomic E-state index is 0.00346. The molecule has 0 saturated heterocycles. The first-order chi connectivity index (χ1) is 19.8. The van der Waals surface area contributed by atoms with Gasteiger partial charge in [0.2, 0.25) is 0 Å². The molecule has 5 rings (SSSR count). The molecule has 0 aliphatic carbocycles. The number of benzene rings is 2. The van der Waals surface area contributed by atoms with Crippen molar-refractivity contribution in [3.63, 3.8) is 0 Å². The molecule has 10 nitrogen and oxygen atoms in total. The summed E-state index contributed by atoms with van der Waals surface area (Å²) in [7, 11) is 3.45. The van der Waals surface area contributed by atoms with Crippen LogP contribution in [-0.4, -0.2) is 82.6 Å². The van der Waals surface area contributed by atoms with E-state index in [-0.39, 0.29) is 29.9 Å². The van der Waals surface area contributed by atoms with Gasteiger partial charge >= 0.3 is 0 Å². The average molecular weight is 575 g/mol. The van der Waals surface area contributed by atoms with E-state index in [0.29, 0.717) is 41.7 Å². The lowest BCUT2D eigenvalue weighted by Gasteiger charge is -2.36. The van der Waals surface area contributed by atoms with Crippen molar-refractivity contribution in [2.45, 2.75) is 32.5 Å². The Hall–Kier alpha value is -3.93. The van der Waals surface area contributed by atoms with Crippen LogP contribution in [0.2, 0.25) is 0 Å². The van der Waals surface area contributed by atoms with E-state index in [9.17, 15) is 9.59 Å². The summed E-state index contributed by atoms with van der Waals surface area (Å²) in [6.45, 7) is 6.35. The first kappa shape index (κ1) is 28.6. The molecule has 3 atom stereocenters. The van der Waals surface area contributed by atoms with Crippen LogP contribution in [0, 0.1) is 5.92 Å². The van der Waals surface area contributed by atoms with E-state index in [0.717, 1.165) is 22.3 Å². The first-order valence-electron chi connectivity index (χ1n) is 13.5. The van der Waals surface area contributed by atoms with Crippen molar-refractivity contribution in [1.82, 2.24) is 24.8 Å². The summed E-state index contributed by atoms with van der Waals surface area (Å²) >= 11 is 1.33. The number of aromatic nitrogens is 3. The van der Waals surface area contributed by atoms with Crippen molar-refractivity contribution in [2.24, 2.45) is 5.92 Å². The fourth-order valence-electron chi connectivity index (χ4n) is 4.95. The number of nitrogens with zero attached hydrogens (tertiary/aromatic N) is 5. The summed E-state index contributed by atoms with van der Waals surface area (Å²) in [5.74, 6) is 0.0526. The van der Waals surface area contributed by atoms with E-state index in [1.54, 1.807) is 37.3 Å². The molecule has 214 valence electrons. The van der Waals surface area contributed by atoms with Crippen molar-refractivity contribution < 1.29 is 19.1 Å². The molecule has 2 aromatic heterocycles. The van der Waals surface area contributed by atoms with Gasteiger partial charge in [0.1, 0.15) is 18.7 Å². The van der Waals surface area contributed by atoms with Crippen molar-refractivity contribution in [3.05, 3.63) is 77.3 Å². The molecule has 1 aliphatic heterocycles. The number of amides is 2. The average Bonchev–Trinajstić information content (AvgIpc) is 3.43. The van der Waals surface area contributed by atoms with E-state index in [2.05, 4.69) is 39.0 Å². The molecule has 11 heteroatoms. The Kier molecular flexibility index (Phi) is 8.87. The molecule has 0 spiro atoms. The van der Waals surface area contributed by atoms with Crippen molar-refractivity contribution in [1.29, 1.82) is 0 Å². The van der Waals surface area contributed by atoms with Gasteiger partial charge in [-0.3, -0.25) is 14.5 Å². The van der Waals surface area contributed by atoms with E-state index < -0.39 is 0 Å². The van der Waals surface area contributed by atoms with Crippen LogP contribution in [0.15, 0.2) is 61.2 Å². The van der Waals surface area contributed by atoms with E-state index in [1.165, 1.54) is 17.7 Å². The fraction of sp³-hybridized carbons (Fsp3) is 0.367. The number of para-hydroxylation sites is 1. The number of thiazole rings is 1. The van der Waals surface area contributed by atoms with Gasteiger partial charge in [0.15, 0.2) is 5.01 Å². The highest BCUT2D eigenvalue weighted by Gasteiger charge is 2.28. The van der Waals surface area contributed by atoms with Crippen LogP contribution < -0.4 is 10.1 Å². The van der Waals surface area contributed by atoms with Gasteiger partial charge in [-0.05, 0) is 37.1 Å². The van der Waals surface area contributed by atoms with Crippen LogP contribution in [0.3, 0.4) is 0 Å². The van der Waals surface area contributed by atoms with Crippen LogP contribution >= 0.6 is 11.3 Å². The lowest BCUT2D eigenvalue weighted by molar-refractivity contribution is 0.00918. The quantitative estimate of drug-likeness (QED) is 0.375. The number of carbonyl (C=O) groups excluding carboxylic acids is 2. The van der Waals surface area contributed by atoms with Crippen molar-refractivity contribution >= 4 is 39.1 Å². The van der Waals surface area contributed by atoms with Gasteiger partial charge in [0, 0.05) is 69.5 Å². The number of likely N-dealkylation sites (N-methyl/N-ethyl adjacent to an activating group) is 1. The Labute approximate surface area is 243 Å². The monoisotopic (exact) mass is 574 g/mol. The predicted molar refractivity (Wildman–Crippen MR) is 158 cm³/mol. The zero-order chi connectivity index (χ0) is 28.9. The topological polar surface area (TPSA) is 110 Å². The van der Waals surface area contributed by atoms with Crippen molar-refractivity contribution in [3.8, 4) is 5.75 Å². The molecule has 3 heterocycles. The molecule has 41 heavy (non-hydrogen) atoms. The summed E-state index contributed by atoms with van der Waals surface area (Å²) in [6.07, 6.45) is 4.99. The van der Waals surface area contributed by atoms with Gasteiger partial charge < -0.3 is 19.7 Å². The summed E-state index contributed by atoms with van der Waals surface area (Å²) in [6, 6.07) is 12.7. The predicted octanol–water partition coefficient (Wildman–Crippen LogP) is 4.34. The molecule has 0 bridgehead atoms. The number of nitrogens with one attached hydrogen (secondary N) is 1. The zero-order valence-electron chi connectivity index (χ0n) is 23.6. The number of ether oxygens (including phenoxy) is 2. The molecule has 1 aliphatic rings. The summed E-state index contributed by atoms with van der Waals surface area (Å²) in [4.78, 5) is 43.3. The van der Waals surface area contributed by atoms with Crippen LogP contribution in [0.25, 0.3) is 10.2 Å². The lowest BCUT2D eigenvalue weighted by atomic mass is 10.0. The second kappa shape index (κ2) is 12.7. The van der Waals surface area contributed by atoms with Gasteiger partial charge in [-0.25, -0.2) is 15.0 Å². The number of carbonyl (C=O) groups is 2. The highest BCUT2D eigenvalue weighted by Crippen LogP contribution is 2.28. The summed E-state index contributed by atoms with van der Waals surface area (Å²) in [5.41, 5.74) is 2.72. The van der Waals surface area contributed by atoms with Gasteiger partial charge in [-0.15, -0.1) is 11.3 Å². The van der Waals surface area contributed by atoms with Crippen molar-refractivity contribution in [2.75, 3.05) is 39.2 Å². The second-order valence-corrected chi connectivity index (χ2v) is 11.5. The number of anilines is 1. The lowest BCUT2D eigenvalue weighted by Crippen LogP contribution is -2.46. The standard InChI is InChI=1S/C30H34N6O4S/c1-19-14-36(15-21-12-31-18-32-13-21)20(2)17-40-25-11-22(9-10-23(25)30(38)35(3)16-26(19)39-4)33-28(37)29-34-24-7-5-6-8-27(24)41-29/h5-13,18-20,26H,14-17H2,1-4H3,(H,33,37)/t19-,20-,26+/m1/s1. The number of fused-ring (bicyclic) bond motifs is 2. The summed E-state index contributed by atoms with van der Waals surface area (Å²) in [5, 5.41) is 3.28. The third-order valence-corrected chi connectivity index (χ3v) is 8.36. The SMILES string of the molecule is CO[C@H]1CN(C)C(=O)c2ccc(NC(=O)c3nc4ccccc4s3)cc2OC[C@@H](C)N(Cc2cncnc2)C[C@H]1C. The first-order valence-corrected chi connectivity index (χ1v) is 14.3. The molecule has 2 aromatic carbocycles.